The zero-order chi connectivity index (χ0) is 22.5. The van der Waals surface area contributed by atoms with Crippen LogP contribution in [0.1, 0.15) is 54.9 Å². The number of ether oxygens (including phenoxy) is 3. The molecule has 28 heavy (non-hydrogen) atoms. The summed E-state index contributed by atoms with van der Waals surface area (Å²) in [7, 11) is 0. The molecule has 0 aliphatic heterocycles. The first-order valence-electron chi connectivity index (χ1n) is 9.25. The lowest BCUT2D eigenvalue weighted by Gasteiger charge is -2.31. The van der Waals surface area contributed by atoms with E-state index in [1.54, 1.807) is 0 Å². The Bertz CT molecular complexity index is 509. The van der Waals surface area contributed by atoms with E-state index < -0.39 is 23.3 Å². The van der Waals surface area contributed by atoms with Crippen molar-refractivity contribution < 1.29 is 28.6 Å². The van der Waals surface area contributed by atoms with Crippen LogP contribution in [0.15, 0.2) is 36.5 Å². The van der Waals surface area contributed by atoms with Crippen LogP contribution in [0.4, 0.5) is 0 Å². The monoisotopic (exact) mass is 396 g/mol. The van der Waals surface area contributed by atoms with Crippen LogP contribution in [0.5, 0.6) is 0 Å². The molecule has 0 unspecified atom stereocenters. The second kappa shape index (κ2) is 13.7. The second-order valence-electron chi connectivity index (χ2n) is 7.65. The predicted molar refractivity (Wildman–Crippen MR) is 111 cm³/mol. The smallest absolute Gasteiger partial charge is 0.333 e. The van der Waals surface area contributed by atoms with Crippen LogP contribution in [-0.4, -0.2) is 37.7 Å². The van der Waals surface area contributed by atoms with E-state index in [0.29, 0.717) is 6.42 Å². The van der Waals surface area contributed by atoms with E-state index in [0.717, 1.165) is 5.92 Å². The van der Waals surface area contributed by atoms with Crippen LogP contribution in [0.3, 0.4) is 0 Å². The molecule has 0 bridgehead atoms. The van der Waals surface area contributed by atoms with Crippen molar-refractivity contribution >= 4 is 17.9 Å². The SMILES string of the molecule is C=C(C)C(=O)OCC(CC)(COC(=O)C(=C)C)COC(=O)C(=C)C.CC(C)C. The topological polar surface area (TPSA) is 78.9 Å². The number of carbonyl (C=O) groups excluding carboxylic acids is 3. The van der Waals surface area contributed by atoms with Crippen molar-refractivity contribution in [3.8, 4) is 0 Å². The molecule has 0 spiro atoms. The Hall–Kier alpha value is -2.37. The highest BCUT2D eigenvalue weighted by Crippen LogP contribution is 2.25. The van der Waals surface area contributed by atoms with E-state index >= 15 is 0 Å². The molecule has 0 heterocycles. The van der Waals surface area contributed by atoms with Gasteiger partial charge in [0.25, 0.3) is 0 Å². The number of hydrogen-bond acceptors (Lipinski definition) is 6. The molecular weight excluding hydrogens is 360 g/mol. The van der Waals surface area contributed by atoms with Gasteiger partial charge in [-0.25, -0.2) is 14.4 Å². The fraction of sp³-hybridized carbons (Fsp3) is 0.591. The van der Waals surface area contributed by atoms with Crippen LogP contribution in [-0.2, 0) is 28.6 Å². The summed E-state index contributed by atoms with van der Waals surface area (Å²) in [6.45, 7) is 23.2. The lowest BCUT2D eigenvalue weighted by molar-refractivity contribution is -0.157. The highest BCUT2D eigenvalue weighted by atomic mass is 16.6. The Labute approximate surface area is 169 Å². The van der Waals surface area contributed by atoms with Gasteiger partial charge in [0.15, 0.2) is 0 Å². The van der Waals surface area contributed by atoms with Gasteiger partial charge in [0.05, 0.1) is 5.41 Å². The van der Waals surface area contributed by atoms with E-state index in [-0.39, 0.29) is 36.5 Å². The lowest BCUT2D eigenvalue weighted by atomic mass is 9.88. The molecule has 0 radical (unpaired) electrons. The maximum Gasteiger partial charge on any atom is 0.333 e. The molecule has 0 fully saturated rings. The molecule has 6 nitrogen and oxygen atoms in total. The van der Waals surface area contributed by atoms with Crippen molar-refractivity contribution in [3.05, 3.63) is 36.5 Å². The van der Waals surface area contributed by atoms with Crippen LogP contribution in [0.2, 0.25) is 0 Å². The third kappa shape index (κ3) is 12.9. The third-order valence-corrected chi connectivity index (χ3v) is 3.32. The fourth-order valence-corrected chi connectivity index (χ4v) is 1.46. The minimum absolute atomic E-state index is 0.0812. The molecule has 0 aromatic rings. The Morgan fingerprint density at radius 1 is 0.714 bits per heavy atom. The lowest BCUT2D eigenvalue weighted by Crippen LogP contribution is -2.39. The summed E-state index contributed by atoms with van der Waals surface area (Å²) in [5.41, 5.74) is -0.116. The van der Waals surface area contributed by atoms with E-state index in [1.807, 2.05) is 6.92 Å². The molecule has 0 saturated carbocycles. The van der Waals surface area contributed by atoms with Gasteiger partial charge in [0.1, 0.15) is 19.8 Å². The largest absolute Gasteiger partial charge is 0.461 e. The summed E-state index contributed by atoms with van der Waals surface area (Å²) in [6.07, 6.45) is 0.448. The van der Waals surface area contributed by atoms with Gasteiger partial charge in [0.2, 0.25) is 0 Å². The quantitative estimate of drug-likeness (QED) is 0.309. The number of carbonyl (C=O) groups is 3. The number of esters is 3. The first-order chi connectivity index (χ1) is 12.8. The highest BCUT2D eigenvalue weighted by molar-refractivity contribution is 5.88. The Morgan fingerprint density at radius 3 is 1.07 bits per heavy atom. The van der Waals surface area contributed by atoms with Gasteiger partial charge in [-0.3, -0.25) is 0 Å². The van der Waals surface area contributed by atoms with Crippen molar-refractivity contribution in [2.24, 2.45) is 11.3 Å². The first kappa shape index (κ1) is 27.8. The molecule has 0 aromatic heterocycles. The summed E-state index contributed by atoms with van der Waals surface area (Å²) in [5.74, 6) is -0.860. The van der Waals surface area contributed by atoms with Crippen LogP contribution in [0.25, 0.3) is 0 Å². The highest BCUT2D eigenvalue weighted by Gasteiger charge is 2.34. The third-order valence-electron chi connectivity index (χ3n) is 3.32. The molecule has 6 heteroatoms. The van der Waals surface area contributed by atoms with Crippen molar-refractivity contribution in [1.82, 2.24) is 0 Å². The standard InChI is InChI=1S/C18H26O6.C4H10/c1-8-18(9-22-15(19)12(2)3,10-23-16(20)13(4)5)11-24-17(21)14(6)7;1-4(2)3/h2,4,6,8-11H2,1,3,5,7H3;4H,1-3H3. The molecular formula is C22H36O6. The zero-order valence-corrected chi connectivity index (χ0v) is 18.5. The Morgan fingerprint density at radius 2 is 0.929 bits per heavy atom. The number of hydrogen-bond donors (Lipinski definition) is 0. The summed E-state index contributed by atoms with van der Waals surface area (Å²) in [5, 5.41) is 0. The average Bonchev–Trinajstić information content (AvgIpc) is 2.59. The van der Waals surface area contributed by atoms with Gasteiger partial charge < -0.3 is 14.2 Å². The van der Waals surface area contributed by atoms with E-state index in [1.165, 1.54) is 20.8 Å². The molecule has 160 valence electrons. The molecule has 0 rings (SSSR count). The van der Waals surface area contributed by atoms with E-state index in [4.69, 9.17) is 14.2 Å². The van der Waals surface area contributed by atoms with Gasteiger partial charge >= 0.3 is 17.9 Å². The normalized spacial score (nSPS) is 10.3. The van der Waals surface area contributed by atoms with Gasteiger partial charge in [-0.05, 0) is 33.1 Å². The van der Waals surface area contributed by atoms with E-state index in [2.05, 4.69) is 40.5 Å². The molecule has 0 amide bonds. The molecule has 0 atom stereocenters. The molecule has 0 aromatic carbocycles. The Balaban J connectivity index is 0. The van der Waals surface area contributed by atoms with Gasteiger partial charge in [-0.2, -0.15) is 0 Å². The molecule has 0 aliphatic carbocycles. The fourth-order valence-electron chi connectivity index (χ4n) is 1.46. The first-order valence-corrected chi connectivity index (χ1v) is 9.25. The maximum atomic E-state index is 11.6. The van der Waals surface area contributed by atoms with Crippen molar-refractivity contribution in [3.63, 3.8) is 0 Å². The minimum Gasteiger partial charge on any atom is -0.461 e. The minimum atomic E-state index is -0.860. The zero-order valence-electron chi connectivity index (χ0n) is 18.5. The van der Waals surface area contributed by atoms with E-state index in [9.17, 15) is 14.4 Å². The van der Waals surface area contributed by atoms with Crippen molar-refractivity contribution in [1.29, 1.82) is 0 Å². The summed E-state index contributed by atoms with van der Waals surface area (Å²) >= 11 is 0. The van der Waals surface area contributed by atoms with Gasteiger partial charge in [-0.1, -0.05) is 47.4 Å². The second-order valence-corrected chi connectivity index (χ2v) is 7.65. The summed E-state index contributed by atoms with van der Waals surface area (Å²) in [4.78, 5) is 34.9. The van der Waals surface area contributed by atoms with Crippen molar-refractivity contribution in [2.45, 2.75) is 54.9 Å². The predicted octanol–water partition coefficient (Wildman–Crippen LogP) is 4.40. The number of rotatable bonds is 10. The van der Waals surface area contributed by atoms with Crippen LogP contribution >= 0.6 is 0 Å². The van der Waals surface area contributed by atoms with Gasteiger partial charge in [-0.15, -0.1) is 0 Å². The van der Waals surface area contributed by atoms with Crippen LogP contribution < -0.4 is 0 Å². The maximum absolute atomic E-state index is 11.6. The Kier molecular flexibility index (Phi) is 13.7. The molecule has 0 saturated heterocycles. The van der Waals surface area contributed by atoms with Crippen molar-refractivity contribution in [2.75, 3.05) is 19.8 Å². The summed E-state index contributed by atoms with van der Waals surface area (Å²) < 4.78 is 15.5. The molecule has 0 N–H and O–H groups in total. The average molecular weight is 397 g/mol. The van der Waals surface area contributed by atoms with Crippen LogP contribution in [0, 0.1) is 11.3 Å². The summed E-state index contributed by atoms with van der Waals surface area (Å²) in [6, 6.07) is 0. The molecule has 0 aliphatic rings. The van der Waals surface area contributed by atoms with Gasteiger partial charge in [0, 0.05) is 16.7 Å².